The maximum absolute atomic E-state index is 13.7. The lowest BCUT2D eigenvalue weighted by Crippen LogP contribution is -2.50. The molecule has 0 unspecified atom stereocenters. The Morgan fingerprint density at radius 3 is 2.70 bits per heavy atom. The molecule has 2 aromatic rings. The highest BCUT2D eigenvalue weighted by Gasteiger charge is 2.45. The minimum absolute atomic E-state index is 0.0202. The minimum atomic E-state index is -4.24. The van der Waals surface area contributed by atoms with E-state index in [9.17, 15) is 18.0 Å². The average Bonchev–Trinajstić information content (AvgIpc) is 3.25. The van der Waals surface area contributed by atoms with E-state index in [1.807, 2.05) is 12.1 Å². The van der Waals surface area contributed by atoms with Crippen LogP contribution in [0.3, 0.4) is 0 Å². The van der Waals surface area contributed by atoms with Crippen LogP contribution in [0.2, 0.25) is 5.02 Å². The van der Waals surface area contributed by atoms with E-state index >= 15 is 0 Å². The second-order valence-corrected chi connectivity index (χ2v) is 18.0. The molecule has 2 aromatic carbocycles. The Hall–Kier alpha value is -3.36. The maximum Gasteiger partial charge on any atom is 0.407 e. The van der Waals surface area contributed by atoms with Crippen LogP contribution in [0, 0.1) is 11.8 Å². The van der Waals surface area contributed by atoms with Gasteiger partial charge in [0.1, 0.15) is 17.5 Å². The SMILES string of the molecule is CN1CCN(CCNC(=O)O[C@H]2/C=C/COC(C)(C)C(=O)NS(=O)(=O)c3ccc4c(c3)N(C[C@@H]3CC[C@H]32)C[C@@]2(CCCc3cc(Cl)ccc32)CO4)CC1. The monoisotopic (exact) mass is 769 g/mol. The van der Waals surface area contributed by atoms with Crippen LogP contribution in [-0.4, -0.2) is 115 Å². The maximum atomic E-state index is 13.7. The Morgan fingerprint density at radius 1 is 1.11 bits per heavy atom. The highest BCUT2D eigenvalue weighted by molar-refractivity contribution is 7.90. The molecular formula is C39H52ClN5O7S. The lowest BCUT2D eigenvalue weighted by atomic mass is 9.68. The molecule has 3 aliphatic heterocycles. The number of carbonyl (C=O) groups excluding carboxylic acids is 2. The highest BCUT2D eigenvalue weighted by atomic mass is 35.5. The zero-order valence-electron chi connectivity index (χ0n) is 30.9. The first-order chi connectivity index (χ1) is 25.3. The fourth-order valence-electron chi connectivity index (χ4n) is 8.44. The molecule has 0 aromatic heterocycles. The van der Waals surface area contributed by atoms with E-state index in [1.165, 1.54) is 31.0 Å². The second kappa shape index (κ2) is 15.4. The number of aryl methyl sites for hydroxylation is 1. The van der Waals surface area contributed by atoms with Crippen molar-refractivity contribution in [2.24, 2.45) is 11.8 Å². The molecule has 5 aliphatic rings. The van der Waals surface area contributed by atoms with Crippen molar-refractivity contribution in [1.82, 2.24) is 19.8 Å². The Bertz CT molecular complexity index is 1830. The minimum Gasteiger partial charge on any atom is -0.490 e. The Kier molecular flexibility index (Phi) is 11.0. The molecule has 2 N–H and O–H groups in total. The van der Waals surface area contributed by atoms with Gasteiger partial charge in [0.05, 0.1) is 23.8 Å². The van der Waals surface area contributed by atoms with Gasteiger partial charge < -0.3 is 29.3 Å². The molecule has 14 heteroatoms. The molecule has 1 spiro atoms. The van der Waals surface area contributed by atoms with E-state index in [4.69, 9.17) is 25.8 Å². The Morgan fingerprint density at radius 2 is 1.92 bits per heavy atom. The quantitative estimate of drug-likeness (QED) is 0.434. The molecule has 53 heavy (non-hydrogen) atoms. The summed E-state index contributed by atoms with van der Waals surface area (Å²) in [5, 5.41) is 3.67. The van der Waals surface area contributed by atoms with E-state index in [0.29, 0.717) is 42.7 Å². The first kappa shape index (κ1) is 37.9. The van der Waals surface area contributed by atoms with Gasteiger partial charge >= 0.3 is 6.09 Å². The number of piperazine rings is 1. The summed E-state index contributed by atoms with van der Waals surface area (Å²) in [5.74, 6) is -0.0403. The zero-order chi connectivity index (χ0) is 37.4. The number of amides is 2. The number of ether oxygens (including phenoxy) is 3. The van der Waals surface area contributed by atoms with E-state index < -0.39 is 33.7 Å². The summed E-state index contributed by atoms with van der Waals surface area (Å²) in [4.78, 5) is 33.4. The smallest absolute Gasteiger partial charge is 0.407 e. The summed E-state index contributed by atoms with van der Waals surface area (Å²) in [6.07, 6.45) is 7.22. The van der Waals surface area contributed by atoms with E-state index in [2.05, 4.69) is 43.9 Å². The van der Waals surface area contributed by atoms with Crippen molar-refractivity contribution in [3.63, 3.8) is 0 Å². The standard InChI is InChI=1S/C39H52ClN5O7S/c1-38(2)36(46)42-53(48,49)30-10-13-35-33(23-30)45(25-39(26-50-35)14-4-6-27-22-29(40)9-12-32(27)39)24-28-8-11-31(28)34(7-5-21-51-38)52-37(47)41-15-16-44-19-17-43(3)18-20-44/h5,7,9-10,12-13,22-23,28,31,34H,4,6,8,11,14-21,24-26H2,1-3H3,(H,41,47)(H,42,46)/b7-5+/t28-,31+,34-,39-/m0/s1. The van der Waals surface area contributed by atoms with Crippen LogP contribution in [0.15, 0.2) is 53.4 Å². The summed E-state index contributed by atoms with van der Waals surface area (Å²) in [6, 6.07) is 10.9. The largest absolute Gasteiger partial charge is 0.490 e. The number of fused-ring (bicyclic) bond motifs is 4. The number of carbonyl (C=O) groups is 2. The number of hydrogen-bond acceptors (Lipinski definition) is 10. The third-order valence-corrected chi connectivity index (χ3v) is 13.4. The number of alkyl carbamates (subject to hydrolysis) is 1. The van der Waals surface area contributed by atoms with Crippen LogP contribution < -0.4 is 19.7 Å². The van der Waals surface area contributed by atoms with Gasteiger partial charge in [-0.25, -0.2) is 17.9 Å². The number of anilines is 1. The topological polar surface area (TPSA) is 130 Å². The first-order valence-corrected chi connectivity index (χ1v) is 20.7. The molecular weight excluding hydrogens is 718 g/mol. The normalized spacial score (nSPS) is 29.3. The van der Waals surface area contributed by atoms with Crippen molar-refractivity contribution in [3.8, 4) is 5.75 Å². The number of likely N-dealkylation sites (N-methyl/N-ethyl adjacent to an activating group) is 1. The van der Waals surface area contributed by atoms with Crippen LogP contribution in [0.1, 0.15) is 50.7 Å². The molecule has 1 saturated heterocycles. The molecule has 2 aliphatic carbocycles. The van der Waals surface area contributed by atoms with Gasteiger partial charge in [-0.3, -0.25) is 9.69 Å². The number of benzene rings is 2. The number of halogens is 1. The number of hydrogen-bond donors (Lipinski definition) is 2. The molecule has 3 heterocycles. The molecule has 1 saturated carbocycles. The third-order valence-electron chi connectivity index (χ3n) is 11.8. The van der Waals surface area contributed by atoms with Crippen molar-refractivity contribution in [2.45, 2.75) is 68.0 Å². The lowest BCUT2D eigenvalue weighted by Gasteiger charge is -2.46. The van der Waals surface area contributed by atoms with Crippen molar-refractivity contribution in [2.75, 3.05) is 77.5 Å². The van der Waals surface area contributed by atoms with Gasteiger partial charge in [0.25, 0.3) is 15.9 Å². The van der Waals surface area contributed by atoms with E-state index in [1.54, 1.807) is 18.2 Å². The van der Waals surface area contributed by atoms with E-state index in [0.717, 1.165) is 64.8 Å². The van der Waals surface area contributed by atoms with Crippen molar-refractivity contribution in [3.05, 3.63) is 64.7 Å². The van der Waals surface area contributed by atoms with E-state index in [-0.39, 0.29) is 28.8 Å². The number of nitrogens with one attached hydrogen (secondary N) is 2. The zero-order valence-corrected chi connectivity index (χ0v) is 32.5. The van der Waals surface area contributed by atoms with Crippen LogP contribution in [0.4, 0.5) is 10.5 Å². The molecule has 12 nitrogen and oxygen atoms in total. The molecule has 7 rings (SSSR count). The molecule has 2 bridgehead atoms. The summed E-state index contributed by atoms with van der Waals surface area (Å²) in [6.45, 7) is 9.90. The first-order valence-electron chi connectivity index (χ1n) is 18.9. The van der Waals surface area contributed by atoms with Gasteiger partial charge in [-0.2, -0.15) is 0 Å². The van der Waals surface area contributed by atoms with Crippen LogP contribution in [0.25, 0.3) is 0 Å². The fourth-order valence-corrected chi connectivity index (χ4v) is 9.75. The number of nitrogens with zero attached hydrogens (tertiary/aromatic N) is 3. The van der Waals surface area contributed by atoms with Crippen LogP contribution in [-0.2, 0) is 36.1 Å². The predicted molar refractivity (Wildman–Crippen MR) is 203 cm³/mol. The van der Waals surface area contributed by atoms with Crippen LogP contribution in [0.5, 0.6) is 5.75 Å². The van der Waals surface area contributed by atoms with Crippen molar-refractivity contribution < 1.29 is 32.2 Å². The van der Waals surface area contributed by atoms with Gasteiger partial charge in [-0.05, 0) is 106 Å². The highest BCUT2D eigenvalue weighted by Crippen LogP contribution is 2.47. The third kappa shape index (κ3) is 8.34. The Balaban J connectivity index is 1.19. The van der Waals surface area contributed by atoms with Crippen molar-refractivity contribution >= 4 is 39.3 Å². The predicted octanol–water partition coefficient (Wildman–Crippen LogP) is 4.35. The summed E-state index contributed by atoms with van der Waals surface area (Å²) < 4.78 is 48.2. The van der Waals surface area contributed by atoms with Crippen molar-refractivity contribution in [1.29, 1.82) is 0 Å². The van der Waals surface area contributed by atoms with Gasteiger partial charge in [0.2, 0.25) is 0 Å². The van der Waals surface area contributed by atoms with Gasteiger partial charge in [-0.15, -0.1) is 0 Å². The van der Waals surface area contributed by atoms with Crippen LogP contribution >= 0.6 is 11.6 Å². The Labute approximate surface area is 318 Å². The summed E-state index contributed by atoms with van der Waals surface area (Å²) in [7, 11) is -2.12. The summed E-state index contributed by atoms with van der Waals surface area (Å²) in [5.41, 5.74) is 1.25. The van der Waals surface area contributed by atoms with Gasteiger partial charge in [-0.1, -0.05) is 23.7 Å². The van der Waals surface area contributed by atoms with Gasteiger partial charge in [0, 0.05) is 68.7 Å². The summed E-state index contributed by atoms with van der Waals surface area (Å²) >= 11 is 6.45. The average molecular weight is 770 g/mol. The number of sulfonamides is 1. The molecule has 288 valence electrons. The van der Waals surface area contributed by atoms with Gasteiger partial charge in [0.15, 0.2) is 0 Å². The number of rotatable bonds is 4. The fraction of sp³-hybridized carbons (Fsp3) is 0.590. The lowest BCUT2D eigenvalue weighted by molar-refractivity contribution is -0.139. The molecule has 2 fully saturated rings. The molecule has 0 radical (unpaired) electrons. The second-order valence-electron chi connectivity index (χ2n) is 15.9. The molecule has 2 amide bonds. The molecule has 4 atom stereocenters.